The molecule has 0 atom stereocenters. The zero-order valence-electron chi connectivity index (χ0n) is 8.45. The molecule has 0 radical (unpaired) electrons. The monoisotopic (exact) mass is 187 g/mol. The van der Waals surface area contributed by atoms with Gasteiger partial charge in [-0.2, -0.15) is 0 Å². The smallest absolute Gasteiger partial charge is 0.159 e. The molecule has 1 aromatic heterocycles. The van der Waals surface area contributed by atoms with E-state index in [1.54, 1.807) is 6.92 Å². The van der Waals surface area contributed by atoms with Gasteiger partial charge in [0.05, 0.1) is 0 Å². The molecule has 72 valence electrons. The molecule has 0 saturated carbocycles. The lowest BCUT2D eigenvalue weighted by atomic mass is 10.1. The quantitative estimate of drug-likeness (QED) is 0.662. The van der Waals surface area contributed by atoms with E-state index in [4.69, 9.17) is 0 Å². The van der Waals surface area contributed by atoms with Crippen molar-refractivity contribution in [3.63, 3.8) is 0 Å². The molecule has 0 amide bonds. The van der Waals surface area contributed by atoms with Gasteiger partial charge in [-0.3, -0.25) is 4.79 Å². The minimum atomic E-state index is 0.121. The number of nitrogens with zero attached hydrogens (tertiary/aromatic N) is 1. The first-order valence-electron chi connectivity index (χ1n) is 4.82. The molecule has 0 bridgehead atoms. The van der Waals surface area contributed by atoms with E-state index in [2.05, 4.69) is 23.8 Å². The van der Waals surface area contributed by atoms with Crippen molar-refractivity contribution in [3.8, 4) is 0 Å². The molecular formula is C12H13NO. The number of carbonyl (C=O) groups is 1. The Hall–Kier alpha value is -1.57. The van der Waals surface area contributed by atoms with Gasteiger partial charge in [0, 0.05) is 23.8 Å². The van der Waals surface area contributed by atoms with Crippen molar-refractivity contribution < 1.29 is 4.79 Å². The Labute approximate surface area is 83.2 Å². The number of Topliss-reactive ketones (excluding diaryl/α,β-unsaturated/α-hetero) is 1. The third kappa shape index (κ3) is 1.33. The molecule has 0 unspecified atom stereocenters. The van der Waals surface area contributed by atoms with Crippen LogP contribution in [0.4, 0.5) is 0 Å². The van der Waals surface area contributed by atoms with Gasteiger partial charge in [0.2, 0.25) is 0 Å². The van der Waals surface area contributed by atoms with Gasteiger partial charge >= 0.3 is 0 Å². The van der Waals surface area contributed by atoms with Crippen LogP contribution in [0.1, 0.15) is 24.2 Å². The standard InChI is InChI=1S/C12H13NO/c1-3-13-7-6-10-4-5-11(9(2)14)8-12(10)13/h4-8H,3H2,1-2H3. The van der Waals surface area contributed by atoms with E-state index in [0.717, 1.165) is 17.6 Å². The van der Waals surface area contributed by atoms with Gasteiger partial charge in [0.25, 0.3) is 0 Å². The summed E-state index contributed by atoms with van der Waals surface area (Å²) in [6.45, 7) is 4.63. The molecule has 1 aromatic carbocycles. The van der Waals surface area contributed by atoms with Crippen molar-refractivity contribution in [2.24, 2.45) is 0 Å². The lowest BCUT2D eigenvalue weighted by Gasteiger charge is -2.01. The van der Waals surface area contributed by atoms with Gasteiger partial charge < -0.3 is 4.57 Å². The maximum Gasteiger partial charge on any atom is 0.159 e. The number of fused-ring (bicyclic) bond motifs is 1. The number of hydrogen-bond acceptors (Lipinski definition) is 1. The average molecular weight is 187 g/mol. The van der Waals surface area contributed by atoms with Crippen LogP contribution in [-0.2, 0) is 6.54 Å². The molecular weight excluding hydrogens is 174 g/mol. The highest BCUT2D eigenvalue weighted by Gasteiger charge is 2.03. The van der Waals surface area contributed by atoms with Crippen LogP contribution in [0.3, 0.4) is 0 Å². The topological polar surface area (TPSA) is 22.0 Å². The van der Waals surface area contributed by atoms with Crippen molar-refractivity contribution >= 4 is 16.7 Å². The van der Waals surface area contributed by atoms with Crippen LogP contribution in [0.2, 0.25) is 0 Å². The summed E-state index contributed by atoms with van der Waals surface area (Å²) in [4.78, 5) is 11.2. The highest BCUT2D eigenvalue weighted by Crippen LogP contribution is 2.17. The zero-order valence-corrected chi connectivity index (χ0v) is 8.45. The number of benzene rings is 1. The van der Waals surface area contributed by atoms with E-state index in [1.807, 2.05) is 18.2 Å². The van der Waals surface area contributed by atoms with Gasteiger partial charge in [0.15, 0.2) is 5.78 Å². The molecule has 0 aliphatic carbocycles. The van der Waals surface area contributed by atoms with Crippen molar-refractivity contribution in [3.05, 3.63) is 36.0 Å². The Morgan fingerprint density at radius 2 is 2.14 bits per heavy atom. The van der Waals surface area contributed by atoms with E-state index in [-0.39, 0.29) is 5.78 Å². The van der Waals surface area contributed by atoms with Crippen LogP contribution in [0, 0.1) is 0 Å². The molecule has 2 heteroatoms. The van der Waals surface area contributed by atoms with E-state index in [1.165, 1.54) is 5.39 Å². The normalized spacial score (nSPS) is 10.7. The van der Waals surface area contributed by atoms with Crippen molar-refractivity contribution in [2.75, 3.05) is 0 Å². The highest BCUT2D eigenvalue weighted by molar-refractivity contribution is 5.97. The molecule has 2 aromatic rings. The lowest BCUT2D eigenvalue weighted by Crippen LogP contribution is -1.94. The summed E-state index contributed by atoms with van der Waals surface area (Å²) in [6.07, 6.45) is 2.05. The molecule has 2 nitrogen and oxygen atoms in total. The molecule has 0 spiro atoms. The molecule has 2 rings (SSSR count). The van der Waals surface area contributed by atoms with Crippen molar-refractivity contribution in [1.29, 1.82) is 0 Å². The molecule has 0 fully saturated rings. The summed E-state index contributed by atoms with van der Waals surface area (Å²) in [5.41, 5.74) is 1.92. The third-order valence-corrected chi connectivity index (χ3v) is 2.52. The van der Waals surface area contributed by atoms with Gasteiger partial charge in [-0.1, -0.05) is 12.1 Å². The molecule has 0 aliphatic heterocycles. The van der Waals surface area contributed by atoms with Crippen molar-refractivity contribution in [2.45, 2.75) is 20.4 Å². The first-order chi connectivity index (χ1) is 6.72. The summed E-state index contributed by atoms with van der Waals surface area (Å²) in [7, 11) is 0. The first kappa shape index (κ1) is 9.00. The molecule has 0 N–H and O–H groups in total. The number of hydrogen-bond donors (Lipinski definition) is 0. The number of carbonyl (C=O) groups excluding carboxylic acids is 1. The van der Waals surface area contributed by atoms with E-state index in [0.29, 0.717) is 0 Å². The zero-order chi connectivity index (χ0) is 10.1. The summed E-state index contributed by atoms with van der Waals surface area (Å²) in [5.74, 6) is 0.121. The Morgan fingerprint density at radius 1 is 1.36 bits per heavy atom. The minimum Gasteiger partial charge on any atom is -0.348 e. The van der Waals surface area contributed by atoms with E-state index in [9.17, 15) is 4.79 Å². The summed E-state index contributed by atoms with van der Waals surface area (Å²) in [5, 5.41) is 1.19. The largest absolute Gasteiger partial charge is 0.348 e. The van der Waals surface area contributed by atoms with Crippen LogP contribution in [0.25, 0.3) is 10.9 Å². The second-order valence-corrected chi connectivity index (χ2v) is 3.43. The third-order valence-electron chi connectivity index (χ3n) is 2.52. The Balaban J connectivity index is 2.67. The second-order valence-electron chi connectivity index (χ2n) is 3.43. The van der Waals surface area contributed by atoms with E-state index >= 15 is 0 Å². The van der Waals surface area contributed by atoms with Crippen LogP contribution in [-0.4, -0.2) is 10.4 Å². The fourth-order valence-electron chi connectivity index (χ4n) is 1.68. The molecule has 14 heavy (non-hydrogen) atoms. The SMILES string of the molecule is CCn1ccc2ccc(C(C)=O)cc21. The molecule has 0 saturated heterocycles. The predicted octanol–water partition coefficient (Wildman–Crippen LogP) is 2.86. The van der Waals surface area contributed by atoms with Crippen LogP contribution < -0.4 is 0 Å². The molecule has 0 aliphatic rings. The van der Waals surface area contributed by atoms with Gasteiger partial charge in [-0.05, 0) is 31.4 Å². The number of rotatable bonds is 2. The Kier molecular flexibility index (Phi) is 2.12. The fourth-order valence-corrected chi connectivity index (χ4v) is 1.68. The van der Waals surface area contributed by atoms with Gasteiger partial charge in [-0.25, -0.2) is 0 Å². The summed E-state index contributed by atoms with van der Waals surface area (Å²) in [6, 6.07) is 7.91. The maximum atomic E-state index is 11.2. The van der Waals surface area contributed by atoms with Crippen LogP contribution >= 0.6 is 0 Å². The maximum absolute atomic E-state index is 11.2. The Bertz CT molecular complexity index is 482. The van der Waals surface area contributed by atoms with Crippen LogP contribution in [0.15, 0.2) is 30.5 Å². The van der Waals surface area contributed by atoms with Crippen molar-refractivity contribution in [1.82, 2.24) is 4.57 Å². The van der Waals surface area contributed by atoms with Gasteiger partial charge in [0.1, 0.15) is 0 Å². The number of ketones is 1. The second kappa shape index (κ2) is 3.29. The summed E-state index contributed by atoms with van der Waals surface area (Å²) >= 11 is 0. The Morgan fingerprint density at radius 3 is 2.79 bits per heavy atom. The number of aryl methyl sites for hydroxylation is 1. The number of aromatic nitrogens is 1. The van der Waals surface area contributed by atoms with Crippen LogP contribution in [0.5, 0.6) is 0 Å². The minimum absolute atomic E-state index is 0.121. The van der Waals surface area contributed by atoms with Gasteiger partial charge in [-0.15, -0.1) is 0 Å². The summed E-state index contributed by atoms with van der Waals surface area (Å²) < 4.78 is 2.14. The fraction of sp³-hybridized carbons (Fsp3) is 0.250. The molecule has 1 heterocycles. The average Bonchev–Trinajstić information content (AvgIpc) is 2.59. The predicted molar refractivity (Wildman–Crippen MR) is 57.6 cm³/mol. The van der Waals surface area contributed by atoms with E-state index < -0.39 is 0 Å². The first-order valence-corrected chi connectivity index (χ1v) is 4.82. The highest BCUT2D eigenvalue weighted by atomic mass is 16.1. The lowest BCUT2D eigenvalue weighted by molar-refractivity contribution is 0.101.